The maximum atomic E-state index is 16.1. The maximum absolute atomic E-state index is 16.1. The van der Waals surface area contributed by atoms with Crippen LogP contribution in [-0.2, 0) is 10.0 Å². The number of nitrogens with one attached hydrogen (secondary N) is 2. The lowest BCUT2D eigenvalue weighted by Gasteiger charge is -2.29. The molecule has 0 saturated carbocycles. The fraction of sp³-hybridized carbons (Fsp3) is 0.333. The van der Waals surface area contributed by atoms with Crippen LogP contribution in [0.25, 0.3) is 22.4 Å². The van der Waals surface area contributed by atoms with E-state index >= 15 is 4.39 Å². The van der Waals surface area contributed by atoms with Crippen LogP contribution in [0.1, 0.15) is 39.7 Å². The summed E-state index contributed by atoms with van der Waals surface area (Å²) < 4.78 is 73.9. The molecule has 8 nitrogen and oxygen atoms in total. The summed E-state index contributed by atoms with van der Waals surface area (Å²) in [5.41, 5.74) is 1.10. The van der Waals surface area contributed by atoms with Crippen molar-refractivity contribution in [3.8, 4) is 22.4 Å². The molecule has 1 aliphatic heterocycles. The van der Waals surface area contributed by atoms with E-state index in [1.54, 1.807) is 6.20 Å². The van der Waals surface area contributed by atoms with Crippen molar-refractivity contribution >= 4 is 21.5 Å². The highest BCUT2D eigenvalue weighted by Gasteiger charge is 2.26. The predicted octanol–water partition coefficient (Wildman–Crippen LogP) is 6.31. The van der Waals surface area contributed by atoms with E-state index in [0.717, 1.165) is 37.6 Å². The number of aromatic nitrogens is 3. The molecule has 4 aromatic rings. The summed E-state index contributed by atoms with van der Waals surface area (Å²) in [6.45, 7) is 7.84. The van der Waals surface area contributed by atoms with Crippen molar-refractivity contribution in [1.29, 1.82) is 0 Å². The zero-order valence-electron chi connectivity index (χ0n) is 23.8. The van der Waals surface area contributed by atoms with E-state index in [4.69, 9.17) is 5.10 Å². The molecule has 12 heteroatoms. The Kier molecular flexibility index (Phi) is 8.04. The fourth-order valence-corrected chi connectivity index (χ4v) is 6.13. The highest BCUT2D eigenvalue weighted by atomic mass is 32.2. The van der Waals surface area contributed by atoms with E-state index < -0.39 is 38.1 Å². The highest BCUT2D eigenvalue weighted by molar-refractivity contribution is 7.92. The van der Waals surface area contributed by atoms with Crippen molar-refractivity contribution in [1.82, 2.24) is 19.7 Å². The Balaban J connectivity index is 1.59. The minimum atomic E-state index is -4.64. The summed E-state index contributed by atoms with van der Waals surface area (Å²) in [5.74, 6) is -2.35. The molecule has 42 heavy (non-hydrogen) atoms. The van der Waals surface area contributed by atoms with Crippen LogP contribution >= 0.6 is 0 Å². The van der Waals surface area contributed by atoms with Crippen LogP contribution in [0.2, 0.25) is 0 Å². The molecule has 0 spiro atoms. The Hall–Kier alpha value is -3.90. The van der Waals surface area contributed by atoms with E-state index in [2.05, 4.69) is 27.0 Å². The Morgan fingerprint density at radius 1 is 0.976 bits per heavy atom. The van der Waals surface area contributed by atoms with Gasteiger partial charge in [-0.2, -0.15) is 5.10 Å². The summed E-state index contributed by atoms with van der Waals surface area (Å²) in [5, 5.41) is 8.17. The van der Waals surface area contributed by atoms with Crippen molar-refractivity contribution in [2.24, 2.45) is 0 Å². The number of piperidine rings is 1. The number of sulfonamides is 1. The molecule has 222 valence electrons. The van der Waals surface area contributed by atoms with Crippen molar-refractivity contribution in [3.63, 3.8) is 0 Å². The lowest BCUT2D eigenvalue weighted by molar-refractivity contribution is 0.212. The van der Waals surface area contributed by atoms with Crippen LogP contribution in [0.4, 0.5) is 24.7 Å². The van der Waals surface area contributed by atoms with E-state index in [-0.39, 0.29) is 17.1 Å². The van der Waals surface area contributed by atoms with Gasteiger partial charge in [-0.3, -0.25) is 9.40 Å². The first-order valence-corrected chi connectivity index (χ1v) is 15.1. The van der Waals surface area contributed by atoms with Crippen molar-refractivity contribution < 1.29 is 21.6 Å². The van der Waals surface area contributed by atoms with Gasteiger partial charge in [-0.15, -0.1) is 0 Å². The summed E-state index contributed by atoms with van der Waals surface area (Å²) in [4.78, 5) is 5.74. The largest absolute Gasteiger partial charge is 0.365 e. The Morgan fingerprint density at radius 3 is 2.43 bits per heavy atom. The van der Waals surface area contributed by atoms with E-state index in [9.17, 15) is 17.2 Å². The number of likely N-dealkylation sites (tertiary alicyclic amines) is 1. The second-order valence-corrected chi connectivity index (χ2v) is 13.2. The maximum Gasteiger partial charge on any atom is 0.265 e. The minimum absolute atomic E-state index is 0.0544. The zero-order valence-corrected chi connectivity index (χ0v) is 24.6. The molecule has 2 N–H and O–H groups in total. The van der Waals surface area contributed by atoms with Crippen LogP contribution in [-0.4, -0.2) is 53.8 Å². The lowest BCUT2D eigenvalue weighted by Crippen LogP contribution is -2.31. The molecule has 0 unspecified atom stereocenters. The molecule has 2 aromatic carbocycles. The van der Waals surface area contributed by atoms with Gasteiger partial charge in [0.15, 0.2) is 5.82 Å². The van der Waals surface area contributed by atoms with Gasteiger partial charge in [-0.1, -0.05) is 6.07 Å². The number of hydrogen-bond acceptors (Lipinski definition) is 6. The SMILES string of the molecule is CN1CCC(n2cc(-c3ccnc(NC(C)(C)C)c3)c(-c3cccc(NS(=O)(=O)c4cc(F)ccc4F)c3F)n2)CC1. The molecule has 3 heterocycles. The summed E-state index contributed by atoms with van der Waals surface area (Å²) in [7, 11) is -2.58. The smallest absolute Gasteiger partial charge is 0.265 e. The van der Waals surface area contributed by atoms with Gasteiger partial charge >= 0.3 is 0 Å². The third kappa shape index (κ3) is 6.44. The number of rotatable bonds is 7. The number of nitrogens with zero attached hydrogens (tertiary/aromatic N) is 4. The lowest BCUT2D eigenvalue weighted by atomic mass is 10.0. The van der Waals surface area contributed by atoms with Gasteiger partial charge in [0.05, 0.1) is 11.7 Å². The molecular weight excluding hydrogens is 565 g/mol. The van der Waals surface area contributed by atoms with Crippen LogP contribution in [0.3, 0.4) is 0 Å². The summed E-state index contributed by atoms with van der Waals surface area (Å²) in [6.07, 6.45) is 5.28. The van der Waals surface area contributed by atoms with Crippen molar-refractivity contribution in [3.05, 3.63) is 78.4 Å². The molecule has 5 rings (SSSR count). The number of hydrogen-bond donors (Lipinski definition) is 2. The molecule has 1 saturated heterocycles. The fourth-order valence-electron chi connectivity index (χ4n) is 4.98. The normalized spacial score (nSPS) is 15.1. The summed E-state index contributed by atoms with van der Waals surface area (Å²) in [6, 6.07) is 10.0. The number of pyridine rings is 1. The Bertz CT molecular complexity index is 1710. The van der Waals surface area contributed by atoms with Crippen LogP contribution in [0, 0.1) is 17.5 Å². The molecule has 1 aliphatic rings. The number of halogens is 3. The molecule has 2 aromatic heterocycles. The number of anilines is 2. The molecule has 0 aliphatic carbocycles. The molecule has 0 amide bonds. The van der Waals surface area contributed by atoms with Crippen LogP contribution < -0.4 is 10.0 Å². The number of benzene rings is 2. The van der Waals surface area contributed by atoms with Gasteiger partial charge in [0.1, 0.15) is 28.0 Å². The molecular formula is C30H33F3N6O2S. The van der Waals surface area contributed by atoms with Crippen LogP contribution in [0.5, 0.6) is 0 Å². The van der Waals surface area contributed by atoms with E-state index in [0.29, 0.717) is 29.2 Å². The second-order valence-electron chi connectivity index (χ2n) is 11.6. The van der Waals surface area contributed by atoms with Crippen LogP contribution in [0.15, 0.2) is 65.8 Å². The predicted molar refractivity (Wildman–Crippen MR) is 157 cm³/mol. The van der Waals surface area contributed by atoms with E-state index in [1.165, 1.54) is 18.2 Å². The van der Waals surface area contributed by atoms with Gasteiger partial charge in [0.2, 0.25) is 0 Å². The van der Waals surface area contributed by atoms with Crippen molar-refractivity contribution in [2.75, 3.05) is 30.2 Å². The molecule has 0 atom stereocenters. The van der Waals surface area contributed by atoms with E-state index in [1.807, 2.05) is 43.8 Å². The van der Waals surface area contributed by atoms with Gasteiger partial charge in [-0.05, 0) is 102 Å². The Labute approximate surface area is 243 Å². The third-order valence-corrected chi connectivity index (χ3v) is 8.43. The highest BCUT2D eigenvalue weighted by Crippen LogP contribution is 2.37. The van der Waals surface area contributed by atoms with Gasteiger partial charge in [-0.25, -0.2) is 26.6 Å². The monoisotopic (exact) mass is 598 g/mol. The summed E-state index contributed by atoms with van der Waals surface area (Å²) >= 11 is 0. The third-order valence-electron chi connectivity index (χ3n) is 7.05. The Morgan fingerprint density at radius 2 is 1.71 bits per heavy atom. The second kappa shape index (κ2) is 11.4. The molecule has 0 radical (unpaired) electrons. The minimum Gasteiger partial charge on any atom is -0.365 e. The topological polar surface area (TPSA) is 92.2 Å². The first kappa shape index (κ1) is 29.6. The molecule has 0 bridgehead atoms. The first-order chi connectivity index (χ1) is 19.8. The molecule has 1 fully saturated rings. The van der Waals surface area contributed by atoms with Gasteiger partial charge in [0, 0.05) is 29.1 Å². The standard InChI is InChI=1S/C30H33F3N6O2S/c1-30(2,3)35-27-16-19(10-13-34-27)23-18-39(21-11-14-38(4)15-12-21)36-29(23)22-6-5-7-25(28(22)33)37-42(40,41)26-17-20(31)8-9-24(26)32/h5-10,13,16-18,21,37H,11-12,14-15H2,1-4H3,(H,34,35). The average molecular weight is 599 g/mol. The average Bonchev–Trinajstić information content (AvgIpc) is 3.36. The van der Waals surface area contributed by atoms with Crippen molar-refractivity contribution in [2.45, 2.75) is 50.1 Å². The zero-order chi connectivity index (χ0) is 30.2. The van der Waals surface area contributed by atoms with Gasteiger partial charge < -0.3 is 10.2 Å². The first-order valence-electron chi connectivity index (χ1n) is 13.6. The van der Waals surface area contributed by atoms with Gasteiger partial charge in [0.25, 0.3) is 10.0 Å². The quantitative estimate of drug-likeness (QED) is 0.259.